The SMILES string of the molecule is CCOC(=O)c1cnc(Nc2ccc(N3CCN(SCC)CC3)cc2)nc1NC1CC1. The van der Waals surface area contributed by atoms with Crippen LogP contribution in [0.15, 0.2) is 30.5 Å². The number of benzene rings is 1. The maximum absolute atomic E-state index is 12.2. The van der Waals surface area contributed by atoms with Crippen LogP contribution in [0, 0.1) is 0 Å². The van der Waals surface area contributed by atoms with Gasteiger partial charge in [-0.1, -0.05) is 18.9 Å². The number of carbonyl (C=O) groups excluding carboxylic acids is 1. The molecule has 1 aliphatic carbocycles. The Morgan fingerprint density at radius 2 is 1.90 bits per heavy atom. The van der Waals surface area contributed by atoms with Gasteiger partial charge in [-0.15, -0.1) is 0 Å². The van der Waals surface area contributed by atoms with Crippen molar-refractivity contribution in [1.29, 1.82) is 0 Å². The van der Waals surface area contributed by atoms with Crippen molar-refractivity contribution in [1.82, 2.24) is 14.3 Å². The van der Waals surface area contributed by atoms with Crippen LogP contribution in [0.4, 0.5) is 23.1 Å². The number of hydrogen-bond acceptors (Lipinski definition) is 9. The van der Waals surface area contributed by atoms with E-state index >= 15 is 0 Å². The van der Waals surface area contributed by atoms with Gasteiger partial charge < -0.3 is 20.3 Å². The molecule has 166 valence electrons. The van der Waals surface area contributed by atoms with Gasteiger partial charge in [0.05, 0.1) is 6.61 Å². The highest BCUT2D eigenvalue weighted by atomic mass is 32.2. The molecule has 0 amide bonds. The van der Waals surface area contributed by atoms with Crippen molar-refractivity contribution in [2.75, 3.05) is 54.1 Å². The fraction of sp³-hybridized carbons (Fsp3) is 0.500. The van der Waals surface area contributed by atoms with E-state index in [0.29, 0.717) is 30.0 Å². The van der Waals surface area contributed by atoms with E-state index in [-0.39, 0.29) is 0 Å². The normalized spacial score (nSPS) is 16.8. The number of hydrogen-bond donors (Lipinski definition) is 2. The van der Waals surface area contributed by atoms with Crippen molar-refractivity contribution in [3.8, 4) is 0 Å². The number of nitrogens with one attached hydrogen (secondary N) is 2. The van der Waals surface area contributed by atoms with E-state index in [9.17, 15) is 4.79 Å². The van der Waals surface area contributed by atoms with Crippen LogP contribution in [0.2, 0.25) is 0 Å². The van der Waals surface area contributed by atoms with E-state index in [1.807, 2.05) is 24.1 Å². The van der Waals surface area contributed by atoms with Crippen LogP contribution >= 0.6 is 11.9 Å². The fourth-order valence-electron chi connectivity index (χ4n) is 3.47. The lowest BCUT2D eigenvalue weighted by atomic mass is 10.2. The van der Waals surface area contributed by atoms with Gasteiger partial charge in [0.2, 0.25) is 5.95 Å². The van der Waals surface area contributed by atoms with Gasteiger partial charge in [-0.05, 0) is 44.0 Å². The molecule has 31 heavy (non-hydrogen) atoms. The smallest absolute Gasteiger partial charge is 0.343 e. The first kappa shape index (κ1) is 21.7. The highest BCUT2D eigenvalue weighted by Gasteiger charge is 2.25. The van der Waals surface area contributed by atoms with Crippen LogP contribution in [-0.4, -0.2) is 64.8 Å². The van der Waals surface area contributed by atoms with E-state index in [2.05, 4.69) is 48.9 Å². The van der Waals surface area contributed by atoms with Gasteiger partial charge in [-0.3, -0.25) is 0 Å². The number of anilines is 4. The summed E-state index contributed by atoms with van der Waals surface area (Å²) in [6.07, 6.45) is 3.70. The van der Waals surface area contributed by atoms with Crippen LogP contribution in [0.25, 0.3) is 0 Å². The molecule has 1 saturated heterocycles. The molecule has 0 atom stereocenters. The molecule has 2 fully saturated rings. The molecule has 0 bridgehead atoms. The summed E-state index contributed by atoms with van der Waals surface area (Å²) in [5.74, 6) is 1.70. The van der Waals surface area contributed by atoms with E-state index in [0.717, 1.165) is 50.5 Å². The summed E-state index contributed by atoms with van der Waals surface area (Å²) in [6.45, 7) is 8.54. The molecule has 0 unspecified atom stereocenters. The number of piperazine rings is 1. The molecule has 2 aliphatic rings. The third-order valence-electron chi connectivity index (χ3n) is 5.24. The molecule has 0 radical (unpaired) electrons. The van der Waals surface area contributed by atoms with Crippen molar-refractivity contribution < 1.29 is 9.53 Å². The summed E-state index contributed by atoms with van der Waals surface area (Å²) < 4.78 is 7.57. The monoisotopic (exact) mass is 442 g/mol. The summed E-state index contributed by atoms with van der Waals surface area (Å²) in [5, 5.41) is 6.56. The molecule has 4 rings (SSSR count). The maximum Gasteiger partial charge on any atom is 0.343 e. The molecule has 0 spiro atoms. The van der Waals surface area contributed by atoms with Crippen molar-refractivity contribution >= 4 is 41.1 Å². The third-order valence-corrected chi connectivity index (χ3v) is 6.23. The Kier molecular flexibility index (Phi) is 7.14. The second-order valence-electron chi connectivity index (χ2n) is 7.60. The van der Waals surface area contributed by atoms with Crippen LogP contribution in [0.3, 0.4) is 0 Å². The van der Waals surface area contributed by atoms with Gasteiger partial charge in [0.1, 0.15) is 11.4 Å². The van der Waals surface area contributed by atoms with Gasteiger partial charge in [0.15, 0.2) is 0 Å². The van der Waals surface area contributed by atoms with Gasteiger partial charge in [-0.2, -0.15) is 4.98 Å². The molecular weight excluding hydrogens is 412 g/mol. The zero-order chi connectivity index (χ0) is 21.6. The van der Waals surface area contributed by atoms with Crippen molar-refractivity contribution in [2.45, 2.75) is 32.7 Å². The number of ether oxygens (including phenoxy) is 1. The minimum atomic E-state index is -0.404. The van der Waals surface area contributed by atoms with Gasteiger partial charge in [0, 0.05) is 55.5 Å². The number of carbonyl (C=O) groups is 1. The summed E-state index contributed by atoms with van der Waals surface area (Å²) in [5.41, 5.74) is 2.50. The van der Waals surface area contributed by atoms with Crippen molar-refractivity contribution in [2.24, 2.45) is 0 Å². The predicted molar refractivity (Wildman–Crippen MR) is 126 cm³/mol. The standard InChI is InChI=1S/C22H30N6O2S/c1-3-30-21(29)19-15-23-22(26-20(19)24-16-5-6-16)25-17-7-9-18(10-8-17)27-11-13-28(14-12-27)31-4-2/h7-10,15-16H,3-6,11-14H2,1-2H3,(H2,23,24,25,26). The quantitative estimate of drug-likeness (QED) is 0.445. The third kappa shape index (κ3) is 5.80. The molecule has 1 saturated carbocycles. The molecule has 2 heterocycles. The number of esters is 1. The van der Waals surface area contributed by atoms with Crippen LogP contribution in [-0.2, 0) is 4.74 Å². The molecule has 8 nitrogen and oxygen atoms in total. The van der Waals surface area contributed by atoms with Crippen LogP contribution in [0.1, 0.15) is 37.0 Å². The lowest BCUT2D eigenvalue weighted by Crippen LogP contribution is -2.43. The van der Waals surface area contributed by atoms with Gasteiger partial charge in [0.25, 0.3) is 0 Å². The van der Waals surface area contributed by atoms with Crippen molar-refractivity contribution in [3.63, 3.8) is 0 Å². The Hall–Kier alpha value is -2.52. The first-order valence-electron chi connectivity index (χ1n) is 11.0. The van der Waals surface area contributed by atoms with E-state index in [1.165, 1.54) is 11.9 Å². The lowest BCUT2D eigenvalue weighted by Gasteiger charge is -2.35. The van der Waals surface area contributed by atoms with Crippen LogP contribution in [0.5, 0.6) is 0 Å². The Morgan fingerprint density at radius 1 is 1.16 bits per heavy atom. The molecular formula is C22H30N6O2S. The summed E-state index contributed by atoms with van der Waals surface area (Å²) >= 11 is 1.92. The molecule has 9 heteroatoms. The summed E-state index contributed by atoms with van der Waals surface area (Å²) in [7, 11) is 0. The fourth-order valence-corrected chi connectivity index (χ4v) is 4.26. The Bertz CT molecular complexity index is 882. The van der Waals surface area contributed by atoms with Gasteiger partial charge in [-0.25, -0.2) is 14.1 Å². The maximum atomic E-state index is 12.2. The number of nitrogens with zero attached hydrogens (tertiary/aromatic N) is 4. The Balaban J connectivity index is 1.41. The summed E-state index contributed by atoms with van der Waals surface area (Å²) in [6, 6.07) is 8.70. The van der Waals surface area contributed by atoms with E-state index < -0.39 is 5.97 Å². The molecule has 1 aliphatic heterocycles. The van der Waals surface area contributed by atoms with E-state index in [4.69, 9.17) is 4.74 Å². The molecule has 2 aromatic rings. The second-order valence-corrected chi connectivity index (χ2v) is 8.95. The molecule has 1 aromatic carbocycles. The topological polar surface area (TPSA) is 82.6 Å². The van der Waals surface area contributed by atoms with E-state index in [1.54, 1.807) is 6.92 Å². The Labute approximate surface area is 187 Å². The first-order valence-corrected chi connectivity index (χ1v) is 11.9. The lowest BCUT2D eigenvalue weighted by molar-refractivity contribution is 0.0526. The summed E-state index contributed by atoms with van der Waals surface area (Å²) in [4.78, 5) is 23.5. The second kappa shape index (κ2) is 10.2. The van der Waals surface area contributed by atoms with Crippen molar-refractivity contribution in [3.05, 3.63) is 36.0 Å². The zero-order valence-electron chi connectivity index (χ0n) is 18.1. The largest absolute Gasteiger partial charge is 0.462 e. The molecule has 1 aromatic heterocycles. The predicted octanol–water partition coefficient (Wildman–Crippen LogP) is 3.76. The average Bonchev–Trinajstić information content (AvgIpc) is 3.60. The minimum Gasteiger partial charge on any atom is -0.462 e. The van der Waals surface area contributed by atoms with Crippen LogP contribution < -0.4 is 15.5 Å². The first-order chi connectivity index (χ1) is 15.2. The zero-order valence-corrected chi connectivity index (χ0v) is 19.0. The van der Waals surface area contributed by atoms with Gasteiger partial charge >= 0.3 is 5.97 Å². The number of aromatic nitrogens is 2. The average molecular weight is 443 g/mol. The highest BCUT2D eigenvalue weighted by Crippen LogP contribution is 2.27. The highest BCUT2D eigenvalue weighted by molar-refractivity contribution is 7.96. The number of rotatable bonds is 9. The molecule has 2 N–H and O–H groups in total. The minimum absolute atomic E-state index is 0.320. The Morgan fingerprint density at radius 3 is 2.55 bits per heavy atom.